The molecule has 3 fully saturated rings. The quantitative estimate of drug-likeness (QED) is 0.641. The minimum Gasteiger partial charge on any atom is -0.399 e. The molecule has 1 aromatic heterocycles. The summed E-state index contributed by atoms with van der Waals surface area (Å²) in [5.74, 6) is 0.605. The molecule has 3 aromatic rings. The number of hydrogen-bond donors (Lipinski definition) is 2. The van der Waals surface area contributed by atoms with Crippen LogP contribution in [-0.4, -0.2) is 44.9 Å². The Hall–Kier alpha value is -3.19. The predicted octanol–water partition coefficient (Wildman–Crippen LogP) is 2.88. The molecule has 7 nitrogen and oxygen atoms in total. The van der Waals surface area contributed by atoms with Gasteiger partial charge in [-0.3, -0.25) is 14.4 Å². The Morgan fingerprint density at radius 1 is 1.17 bits per heavy atom. The summed E-state index contributed by atoms with van der Waals surface area (Å²) >= 11 is 0. The number of carbonyl (C=O) groups excluding carboxylic acids is 1. The van der Waals surface area contributed by atoms with Gasteiger partial charge in [-0.05, 0) is 49.6 Å². The van der Waals surface area contributed by atoms with Crippen LogP contribution in [0.15, 0.2) is 60.8 Å². The number of nitrogens with two attached hydrogens (primary N) is 1. The van der Waals surface area contributed by atoms with Gasteiger partial charge in [-0.2, -0.15) is 0 Å². The highest BCUT2D eigenvalue weighted by Gasteiger charge is 2.43. The number of rotatable bonds is 5. The van der Waals surface area contributed by atoms with E-state index in [4.69, 9.17) is 5.73 Å². The van der Waals surface area contributed by atoms with Gasteiger partial charge in [0.25, 0.3) is 0 Å². The highest BCUT2D eigenvalue weighted by molar-refractivity contribution is 5.93. The number of anilines is 2. The van der Waals surface area contributed by atoms with Gasteiger partial charge in [-0.15, -0.1) is 5.10 Å². The molecule has 4 heterocycles. The number of nitrogens with one attached hydrogen (secondary N) is 1. The number of aromatic nitrogens is 3. The predicted molar refractivity (Wildman–Crippen MR) is 117 cm³/mol. The Kier molecular flexibility index (Phi) is 4.96. The molecule has 2 bridgehead atoms. The monoisotopic (exact) mass is 402 g/mol. The van der Waals surface area contributed by atoms with Crippen molar-refractivity contribution in [2.75, 3.05) is 24.1 Å². The molecule has 0 radical (unpaired) electrons. The first kappa shape index (κ1) is 18.8. The lowest BCUT2D eigenvalue weighted by Crippen LogP contribution is -2.57. The standard InChI is InChI=1S/C23H26N6O/c24-18-6-4-5-17(11-18)22-15-29(27-26-22)13-20-12-16-9-10-28(20)14-21(16)23(30)25-19-7-2-1-3-8-19/h1-8,11,15-16,20-21H,9-10,12-14,24H2,(H,25,30)/t16?,20-,21+/m1/s1. The van der Waals surface area contributed by atoms with Gasteiger partial charge in [0.05, 0.1) is 18.7 Å². The van der Waals surface area contributed by atoms with E-state index in [0.717, 1.165) is 55.1 Å². The zero-order valence-corrected chi connectivity index (χ0v) is 16.8. The second-order valence-electron chi connectivity index (χ2n) is 8.35. The number of piperidine rings is 3. The Balaban J connectivity index is 1.23. The second kappa shape index (κ2) is 7.91. The van der Waals surface area contributed by atoms with Crippen LogP contribution in [-0.2, 0) is 11.3 Å². The van der Waals surface area contributed by atoms with Crippen LogP contribution >= 0.6 is 0 Å². The summed E-state index contributed by atoms with van der Waals surface area (Å²) in [5.41, 5.74) is 9.28. The molecule has 6 rings (SSSR count). The van der Waals surface area contributed by atoms with E-state index in [1.807, 2.05) is 65.5 Å². The van der Waals surface area contributed by atoms with Crippen LogP contribution in [0.3, 0.4) is 0 Å². The third kappa shape index (κ3) is 3.80. The van der Waals surface area contributed by atoms with Crippen LogP contribution < -0.4 is 11.1 Å². The zero-order chi connectivity index (χ0) is 20.5. The van der Waals surface area contributed by atoms with E-state index in [1.54, 1.807) is 0 Å². The molecule has 1 amide bonds. The number of nitrogen functional groups attached to an aromatic ring is 1. The summed E-state index contributed by atoms with van der Waals surface area (Å²) < 4.78 is 1.92. The van der Waals surface area contributed by atoms with E-state index in [-0.39, 0.29) is 11.8 Å². The summed E-state index contributed by atoms with van der Waals surface area (Å²) in [4.78, 5) is 15.3. The van der Waals surface area contributed by atoms with Crippen molar-refractivity contribution >= 4 is 17.3 Å². The maximum absolute atomic E-state index is 12.8. The molecule has 30 heavy (non-hydrogen) atoms. The minimum absolute atomic E-state index is 0.0498. The summed E-state index contributed by atoms with van der Waals surface area (Å²) in [6.45, 7) is 2.64. The first-order chi connectivity index (χ1) is 14.7. The third-order valence-electron chi connectivity index (χ3n) is 6.38. The van der Waals surface area contributed by atoms with Gasteiger partial charge in [0, 0.05) is 29.5 Å². The van der Waals surface area contributed by atoms with E-state index in [0.29, 0.717) is 12.0 Å². The minimum atomic E-state index is 0.0498. The lowest BCUT2D eigenvalue weighted by atomic mass is 9.75. The fourth-order valence-electron chi connectivity index (χ4n) is 4.82. The van der Waals surface area contributed by atoms with Gasteiger partial charge >= 0.3 is 0 Å². The van der Waals surface area contributed by atoms with Gasteiger partial charge in [-0.25, -0.2) is 0 Å². The van der Waals surface area contributed by atoms with Crippen molar-refractivity contribution in [3.8, 4) is 11.3 Å². The number of benzene rings is 2. The Morgan fingerprint density at radius 2 is 2.03 bits per heavy atom. The summed E-state index contributed by atoms with van der Waals surface area (Å²) in [6.07, 6.45) is 4.08. The molecular weight excluding hydrogens is 376 g/mol. The molecule has 2 unspecified atom stereocenters. The first-order valence-electron chi connectivity index (χ1n) is 10.5. The van der Waals surface area contributed by atoms with Crippen molar-refractivity contribution in [2.45, 2.75) is 25.4 Å². The van der Waals surface area contributed by atoms with E-state index in [9.17, 15) is 4.79 Å². The summed E-state index contributed by atoms with van der Waals surface area (Å²) in [5, 5.41) is 11.7. The molecule has 3 saturated heterocycles. The van der Waals surface area contributed by atoms with Crippen molar-refractivity contribution in [1.82, 2.24) is 19.9 Å². The molecule has 4 atom stereocenters. The molecule has 3 aliphatic rings. The van der Waals surface area contributed by atoms with Crippen LogP contribution in [0.1, 0.15) is 12.8 Å². The maximum Gasteiger partial charge on any atom is 0.229 e. The van der Waals surface area contributed by atoms with E-state index in [2.05, 4.69) is 20.5 Å². The molecule has 0 saturated carbocycles. The largest absolute Gasteiger partial charge is 0.399 e. The van der Waals surface area contributed by atoms with Gasteiger partial charge in [-0.1, -0.05) is 35.5 Å². The molecular formula is C23H26N6O. The van der Waals surface area contributed by atoms with Crippen molar-refractivity contribution in [1.29, 1.82) is 0 Å². The van der Waals surface area contributed by atoms with E-state index < -0.39 is 0 Å². The molecule has 2 aromatic carbocycles. The number of nitrogens with zero attached hydrogens (tertiary/aromatic N) is 4. The molecule has 3 aliphatic heterocycles. The molecule has 154 valence electrons. The van der Waals surface area contributed by atoms with E-state index >= 15 is 0 Å². The van der Waals surface area contributed by atoms with Crippen molar-refractivity contribution in [2.24, 2.45) is 11.8 Å². The summed E-state index contributed by atoms with van der Waals surface area (Å²) in [7, 11) is 0. The lowest BCUT2D eigenvalue weighted by molar-refractivity contribution is -0.127. The van der Waals surface area contributed by atoms with Gasteiger partial charge in [0.15, 0.2) is 0 Å². The van der Waals surface area contributed by atoms with Crippen LogP contribution in [0.2, 0.25) is 0 Å². The van der Waals surface area contributed by atoms with Gasteiger partial charge in [0.1, 0.15) is 5.69 Å². The fraction of sp³-hybridized carbons (Fsp3) is 0.348. The molecule has 0 spiro atoms. The Labute approximate surface area is 175 Å². The van der Waals surface area contributed by atoms with Crippen molar-refractivity contribution in [3.63, 3.8) is 0 Å². The van der Waals surface area contributed by atoms with Crippen LogP contribution in [0.5, 0.6) is 0 Å². The van der Waals surface area contributed by atoms with Crippen LogP contribution in [0.25, 0.3) is 11.3 Å². The average molecular weight is 403 g/mol. The van der Waals surface area contributed by atoms with Crippen molar-refractivity contribution in [3.05, 3.63) is 60.8 Å². The lowest BCUT2D eigenvalue weighted by Gasteiger charge is -2.49. The van der Waals surface area contributed by atoms with E-state index in [1.165, 1.54) is 0 Å². The highest BCUT2D eigenvalue weighted by atomic mass is 16.2. The number of carbonyl (C=O) groups is 1. The first-order valence-corrected chi connectivity index (χ1v) is 10.5. The molecule has 3 N–H and O–H groups in total. The number of amides is 1. The molecule has 0 aliphatic carbocycles. The average Bonchev–Trinajstić information content (AvgIpc) is 3.23. The van der Waals surface area contributed by atoms with Gasteiger partial charge < -0.3 is 11.1 Å². The smallest absolute Gasteiger partial charge is 0.229 e. The Morgan fingerprint density at radius 3 is 2.80 bits per heavy atom. The van der Waals surface area contributed by atoms with Crippen LogP contribution in [0, 0.1) is 11.8 Å². The second-order valence-corrected chi connectivity index (χ2v) is 8.35. The summed E-state index contributed by atoms with van der Waals surface area (Å²) in [6, 6.07) is 17.8. The zero-order valence-electron chi connectivity index (χ0n) is 16.8. The van der Waals surface area contributed by atoms with Gasteiger partial charge in [0.2, 0.25) is 5.91 Å². The number of hydrogen-bond acceptors (Lipinski definition) is 5. The fourth-order valence-corrected chi connectivity index (χ4v) is 4.82. The maximum atomic E-state index is 12.8. The Bertz CT molecular complexity index is 1030. The molecule has 7 heteroatoms. The van der Waals surface area contributed by atoms with Crippen LogP contribution in [0.4, 0.5) is 11.4 Å². The number of para-hydroxylation sites is 1. The number of fused-ring (bicyclic) bond motifs is 3. The third-order valence-corrected chi connectivity index (χ3v) is 6.38. The topological polar surface area (TPSA) is 89.1 Å². The van der Waals surface area contributed by atoms with Crippen molar-refractivity contribution < 1.29 is 4.79 Å². The SMILES string of the molecule is Nc1cccc(-c2cn(C[C@H]3CC4CCN3C[C@@H]4C(=O)Nc3ccccc3)nn2)c1. The highest BCUT2D eigenvalue weighted by Crippen LogP contribution is 2.37. The normalized spacial score (nSPS) is 25.2.